The molecule has 0 spiro atoms. The highest BCUT2D eigenvalue weighted by atomic mass is 127. The molecule has 0 saturated carbocycles. The molecule has 2 aliphatic rings. The molecule has 0 atom stereocenters. The Labute approximate surface area is 140 Å². The van der Waals surface area contributed by atoms with Crippen LogP contribution >= 0.6 is 24.0 Å². The number of nitrogens with zero attached hydrogens (tertiary/aromatic N) is 2. The Balaban J connectivity index is 0.00000161. The van der Waals surface area contributed by atoms with Crippen LogP contribution in [0.15, 0.2) is 17.1 Å². The first-order chi connectivity index (χ1) is 9.74. The third-order valence-corrected chi connectivity index (χ3v) is 3.49. The maximum Gasteiger partial charge on any atom is 0.193 e. The second-order valence-electron chi connectivity index (χ2n) is 4.97. The Morgan fingerprint density at radius 3 is 3.05 bits per heavy atom. The van der Waals surface area contributed by atoms with Crippen molar-refractivity contribution in [1.82, 2.24) is 10.2 Å². The fraction of sp³-hybridized carbons (Fsp3) is 0.500. The molecule has 0 bridgehead atoms. The number of likely N-dealkylation sites (N-methyl/N-ethyl adjacent to an activating group) is 1. The fourth-order valence-corrected chi connectivity index (χ4v) is 2.47. The summed E-state index contributed by atoms with van der Waals surface area (Å²) in [6, 6.07) is 3.01. The molecule has 5 nitrogen and oxygen atoms in total. The zero-order chi connectivity index (χ0) is 13.9. The van der Waals surface area contributed by atoms with Gasteiger partial charge in [-0.25, -0.2) is 4.39 Å². The number of hydrogen-bond donors (Lipinski definition) is 1. The van der Waals surface area contributed by atoms with Crippen molar-refractivity contribution >= 4 is 29.9 Å². The fourth-order valence-electron chi connectivity index (χ4n) is 2.47. The lowest BCUT2D eigenvalue weighted by molar-refractivity contribution is -0.0172. The number of rotatable bonds is 3. The predicted octanol–water partition coefficient (Wildman–Crippen LogP) is 1.74. The van der Waals surface area contributed by atoms with Gasteiger partial charge in [-0.2, -0.15) is 0 Å². The lowest BCUT2D eigenvalue weighted by atomic mass is 10.1. The van der Waals surface area contributed by atoms with Crippen LogP contribution in [0.2, 0.25) is 0 Å². The smallest absolute Gasteiger partial charge is 0.193 e. The number of hydrogen-bond acceptors (Lipinski definition) is 5. The summed E-state index contributed by atoms with van der Waals surface area (Å²) in [7, 11) is 2.00. The van der Waals surface area contributed by atoms with Crippen LogP contribution in [-0.2, 0) is 17.8 Å². The SMILES string of the molecule is CN1CCN=C1NCCc1cc(F)cc2c1OCOC2.I. The summed E-state index contributed by atoms with van der Waals surface area (Å²) in [6.45, 7) is 3.10. The van der Waals surface area contributed by atoms with Gasteiger partial charge in [-0.15, -0.1) is 24.0 Å². The van der Waals surface area contributed by atoms with Gasteiger partial charge in [0, 0.05) is 25.7 Å². The van der Waals surface area contributed by atoms with Crippen molar-refractivity contribution in [2.45, 2.75) is 13.0 Å². The average molecular weight is 407 g/mol. The first kappa shape index (κ1) is 16.3. The molecule has 116 valence electrons. The van der Waals surface area contributed by atoms with Gasteiger partial charge in [-0.3, -0.25) is 4.99 Å². The van der Waals surface area contributed by atoms with E-state index in [0.29, 0.717) is 19.6 Å². The summed E-state index contributed by atoms with van der Waals surface area (Å²) in [5.41, 5.74) is 1.65. The first-order valence-corrected chi connectivity index (χ1v) is 6.75. The summed E-state index contributed by atoms with van der Waals surface area (Å²) >= 11 is 0. The molecule has 1 aromatic rings. The van der Waals surface area contributed by atoms with Crippen LogP contribution in [-0.4, -0.2) is 44.3 Å². The van der Waals surface area contributed by atoms with Crippen molar-refractivity contribution in [3.05, 3.63) is 29.1 Å². The van der Waals surface area contributed by atoms with E-state index >= 15 is 0 Å². The number of guanidine groups is 1. The van der Waals surface area contributed by atoms with Crippen LogP contribution in [0.25, 0.3) is 0 Å². The number of aliphatic imine (C=N–C) groups is 1. The van der Waals surface area contributed by atoms with Crippen molar-refractivity contribution in [3.63, 3.8) is 0 Å². The van der Waals surface area contributed by atoms with Gasteiger partial charge in [-0.1, -0.05) is 0 Å². The Morgan fingerprint density at radius 2 is 2.29 bits per heavy atom. The van der Waals surface area contributed by atoms with Gasteiger partial charge in [0.25, 0.3) is 0 Å². The zero-order valence-corrected chi connectivity index (χ0v) is 14.2. The van der Waals surface area contributed by atoms with Gasteiger partial charge in [0.2, 0.25) is 0 Å². The molecule has 7 heteroatoms. The number of nitrogens with one attached hydrogen (secondary N) is 1. The number of fused-ring (bicyclic) bond motifs is 1. The highest BCUT2D eigenvalue weighted by Crippen LogP contribution is 2.29. The number of benzene rings is 1. The van der Waals surface area contributed by atoms with Crippen LogP contribution in [0, 0.1) is 5.82 Å². The van der Waals surface area contributed by atoms with E-state index in [9.17, 15) is 4.39 Å². The van der Waals surface area contributed by atoms with Crippen molar-refractivity contribution in [2.75, 3.05) is 33.5 Å². The van der Waals surface area contributed by atoms with Crippen LogP contribution in [0.5, 0.6) is 5.75 Å². The summed E-state index contributed by atoms with van der Waals surface area (Å²) in [5, 5.41) is 3.27. The minimum Gasteiger partial charge on any atom is -0.467 e. The molecular formula is C14H19FIN3O2. The molecule has 21 heavy (non-hydrogen) atoms. The van der Waals surface area contributed by atoms with Gasteiger partial charge in [0.1, 0.15) is 11.6 Å². The second-order valence-corrected chi connectivity index (χ2v) is 4.97. The van der Waals surface area contributed by atoms with Crippen molar-refractivity contribution in [2.24, 2.45) is 4.99 Å². The molecule has 1 N–H and O–H groups in total. The van der Waals surface area contributed by atoms with Gasteiger partial charge in [-0.05, 0) is 24.1 Å². The lowest BCUT2D eigenvalue weighted by Gasteiger charge is -2.21. The molecule has 0 unspecified atom stereocenters. The molecule has 3 rings (SSSR count). The summed E-state index contributed by atoms with van der Waals surface area (Å²) < 4.78 is 24.3. The van der Waals surface area contributed by atoms with Crippen molar-refractivity contribution in [1.29, 1.82) is 0 Å². The van der Waals surface area contributed by atoms with Crippen molar-refractivity contribution < 1.29 is 13.9 Å². The molecule has 0 aliphatic carbocycles. The summed E-state index contributed by atoms with van der Waals surface area (Å²) in [5.74, 6) is 1.42. The topological polar surface area (TPSA) is 46.1 Å². The van der Waals surface area contributed by atoms with Crippen LogP contribution in [0.4, 0.5) is 4.39 Å². The maximum atomic E-state index is 13.6. The summed E-state index contributed by atoms with van der Waals surface area (Å²) in [6.07, 6.45) is 0.687. The van der Waals surface area contributed by atoms with E-state index in [0.717, 1.165) is 35.9 Å². The minimum atomic E-state index is -0.247. The van der Waals surface area contributed by atoms with E-state index in [-0.39, 0.29) is 36.6 Å². The van der Waals surface area contributed by atoms with Crippen LogP contribution in [0.3, 0.4) is 0 Å². The number of ether oxygens (including phenoxy) is 2. The van der Waals surface area contributed by atoms with Gasteiger partial charge in [0.15, 0.2) is 12.8 Å². The normalized spacial score (nSPS) is 16.7. The quantitative estimate of drug-likeness (QED) is 0.776. The molecule has 1 aromatic carbocycles. The Kier molecular flexibility index (Phi) is 5.63. The average Bonchev–Trinajstić information content (AvgIpc) is 2.84. The first-order valence-electron chi connectivity index (χ1n) is 6.75. The Bertz CT molecular complexity index is 539. The van der Waals surface area contributed by atoms with E-state index in [1.165, 1.54) is 12.1 Å². The third-order valence-electron chi connectivity index (χ3n) is 3.49. The predicted molar refractivity (Wildman–Crippen MR) is 88.7 cm³/mol. The number of halogens is 2. The standard InChI is InChI=1S/C14H18FN3O2.HI/c1-18-5-4-17-14(18)16-3-2-10-6-12(15)7-11-8-19-9-20-13(10)11;/h6-7H,2-5,8-9H2,1H3,(H,16,17);1H. The highest BCUT2D eigenvalue weighted by molar-refractivity contribution is 14.0. The van der Waals surface area contributed by atoms with Crippen LogP contribution < -0.4 is 10.1 Å². The molecule has 0 aromatic heterocycles. The van der Waals surface area contributed by atoms with Gasteiger partial charge < -0.3 is 19.7 Å². The van der Waals surface area contributed by atoms with Gasteiger partial charge in [0.05, 0.1) is 13.2 Å². The van der Waals surface area contributed by atoms with E-state index in [1.807, 2.05) is 7.05 Å². The molecule has 0 saturated heterocycles. The largest absolute Gasteiger partial charge is 0.467 e. The summed E-state index contributed by atoms with van der Waals surface area (Å²) in [4.78, 5) is 6.43. The molecule has 0 amide bonds. The van der Waals surface area contributed by atoms with Crippen LogP contribution in [0.1, 0.15) is 11.1 Å². The van der Waals surface area contributed by atoms with E-state index < -0.39 is 0 Å². The third kappa shape index (κ3) is 3.76. The Hall–Kier alpha value is -1.09. The van der Waals surface area contributed by atoms with E-state index in [2.05, 4.69) is 15.2 Å². The Morgan fingerprint density at radius 1 is 1.43 bits per heavy atom. The molecule has 0 fully saturated rings. The maximum absolute atomic E-state index is 13.6. The minimum absolute atomic E-state index is 0. The van der Waals surface area contributed by atoms with E-state index in [1.54, 1.807) is 0 Å². The molecular weight excluding hydrogens is 388 g/mol. The van der Waals surface area contributed by atoms with Crippen molar-refractivity contribution in [3.8, 4) is 5.75 Å². The molecule has 0 radical (unpaired) electrons. The molecule has 2 heterocycles. The van der Waals surface area contributed by atoms with Gasteiger partial charge >= 0.3 is 0 Å². The zero-order valence-electron chi connectivity index (χ0n) is 11.9. The second kappa shape index (κ2) is 7.26. The highest BCUT2D eigenvalue weighted by Gasteiger charge is 2.17. The lowest BCUT2D eigenvalue weighted by Crippen LogP contribution is -2.36. The monoisotopic (exact) mass is 407 g/mol. The molecule has 2 aliphatic heterocycles. The van der Waals surface area contributed by atoms with E-state index in [4.69, 9.17) is 9.47 Å².